The van der Waals surface area contributed by atoms with Crippen molar-refractivity contribution in [3.05, 3.63) is 29.3 Å². The van der Waals surface area contributed by atoms with Crippen molar-refractivity contribution in [3.8, 4) is 0 Å². The Labute approximate surface area is 137 Å². The standard InChI is InChI=1S/C18H25N3O2/c1-4-5-6-11-19-18(23)15-9-10-17(22)21(20-15)16-12-13(2)7-8-14(16)3/h7-8,12H,4-6,9-11H2,1-3H3,(H,19,23). The number of benzene rings is 1. The topological polar surface area (TPSA) is 61.8 Å². The molecule has 0 saturated carbocycles. The van der Waals surface area contributed by atoms with Crippen LogP contribution in [0.25, 0.3) is 0 Å². The van der Waals surface area contributed by atoms with Crippen LogP contribution < -0.4 is 10.3 Å². The molecule has 23 heavy (non-hydrogen) atoms. The van der Waals surface area contributed by atoms with E-state index in [4.69, 9.17) is 0 Å². The van der Waals surface area contributed by atoms with Crippen molar-refractivity contribution >= 4 is 23.2 Å². The summed E-state index contributed by atoms with van der Waals surface area (Å²) < 4.78 is 0. The fourth-order valence-corrected chi connectivity index (χ4v) is 2.53. The van der Waals surface area contributed by atoms with Crippen molar-refractivity contribution in [2.75, 3.05) is 11.6 Å². The van der Waals surface area contributed by atoms with Crippen molar-refractivity contribution < 1.29 is 9.59 Å². The highest BCUT2D eigenvalue weighted by molar-refractivity contribution is 6.40. The molecule has 0 bridgehead atoms. The van der Waals surface area contributed by atoms with Crippen LogP contribution in [0.4, 0.5) is 5.69 Å². The molecule has 1 N–H and O–H groups in total. The number of anilines is 1. The van der Waals surface area contributed by atoms with Crippen molar-refractivity contribution in [2.24, 2.45) is 5.10 Å². The molecule has 1 aliphatic heterocycles. The average Bonchev–Trinajstić information content (AvgIpc) is 2.54. The fourth-order valence-electron chi connectivity index (χ4n) is 2.53. The highest BCUT2D eigenvalue weighted by Crippen LogP contribution is 2.25. The number of hydrogen-bond acceptors (Lipinski definition) is 3. The maximum absolute atomic E-state index is 12.2. The van der Waals surface area contributed by atoms with Gasteiger partial charge in [-0.15, -0.1) is 0 Å². The largest absolute Gasteiger partial charge is 0.351 e. The zero-order chi connectivity index (χ0) is 16.8. The molecule has 1 aromatic carbocycles. The second-order valence-electron chi connectivity index (χ2n) is 6.01. The number of hydrogen-bond donors (Lipinski definition) is 1. The van der Waals surface area contributed by atoms with Crippen LogP contribution in [-0.4, -0.2) is 24.1 Å². The first-order valence-electron chi connectivity index (χ1n) is 8.28. The predicted octanol–water partition coefficient (Wildman–Crippen LogP) is 3.09. The number of carbonyl (C=O) groups is 2. The van der Waals surface area contributed by atoms with Crippen LogP contribution >= 0.6 is 0 Å². The quantitative estimate of drug-likeness (QED) is 0.820. The lowest BCUT2D eigenvalue weighted by Crippen LogP contribution is -2.39. The summed E-state index contributed by atoms with van der Waals surface area (Å²) in [5.41, 5.74) is 3.22. The third kappa shape index (κ3) is 4.41. The minimum absolute atomic E-state index is 0.0683. The molecule has 0 atom stereocenters. The van der Waals surface area contributed by atoms with Gasteiger partial charge in [0.15, 0.2) is 0 Å². The zero-order valence-corrected chi connectivity index (χ0v) is 14.2. The Morgan fingerprint density at radius 1 is 1.26 bits per heavy atom. The van der Waals surface area contributed by atoms with E-state index in [0.29, 0.717) is 25.1 Å². The number of rotatable bonds is 6. The third-order valence-corrected chi connectivity index (χ3v) is 3.95. The number of hydrazone groups is 1. The van der Waals surface area contributed by atoms with Crippen molar-refractivity contribution in [1.82, 2.24) is 5.32 Å². The second kappa shape index (κ2) is 7.90. The molecule has 5 nitrogen and oxygen atoms in total. The van der Waals surface area contributed by atoms with Crippen LogP contribution in [-0.2, 0) is 9.59 Å². The first kappa shape index (κ1) is 17.2. The summed E-state index contributed by atoms with van der Waals surface area (Å²) in [5, 5.41) is 8.60. The molecule has 0 fully saturated rings. The summed E-state index contributed by atoms with van der Waals surface area (Å²) in [7, 11) is 0. The Kier molecular flexibility index (Phi) is 5.90. The van der Waals surface area contributed by atoms with Gasteiger partial charge in [-0.2, -0.15) is 5.10 Å². The lowest BCUT2D eigenvalue weighted by Gasteiger charge is -2.24. The Morgan fingerprint density at radius 2 is 2.04 bits per heavy atom. The van der Waals surface area contributed by atoms with Crippen molar-refractivity contribution in [3.63, 3.8) is 0 Å². The van der Waals surface area contributed by atoms with Crippen molar-refractivity contribution in [2.45, 2.75) is 52.9 Å². The van der Waals surface area contributed by atoms with Gasteiger partial charge >= 0.3 is 0 Å². The van der Waals surface area contributed by atoms with Gasteiger partial charge in [-0.3, -0.25) is 9.59 Å². The Hall–Kier alpha value is -2.17. The molecule has 0 aliphatic carbocycles. The first-order chi connectivity index (χ1) is 11.0. The number of nitrogens with zero attached hydrogens (tertiary/aromatic N) is 2. The molecule has 0 spiro atoms. The molecule has 0 unspecified atom stereocenters. The number of aryl methyl sites for hydroxylation is 2. The third-order valence-electron chi connectivity index (χ3n) is 3.95. The van der Waals surface area contributed by atoms with Gasteiger partial charge in [-0.25, -0.2) is 5.01 Å². The van der Waals surface area contributed by atoms with Gasteiger partial charge in [0.05, 0.1) is 5.69 Å². The molecule has 1 aliphatic rings. The molecule has 1 heterocycles. The molecule has 124 valence electrons. The molecule has 2 rings (SSSR count). The second-order valence-corrected chi connectivity index (χ2v) is 6.01. The van der Waals surface area contributed by atoms with Gasteiger partial charge in [-0.1, -0.05) is 31.9 Å². The summed E-state index contributed by atoms with van der Waals surface area (Å²) in [6.07, 6.45) is 3.90. The van der Waals surface area contributed by atoms with E-state index in [9.17, 15) is 9.59 Å². The monoisotopic (exact) mass is 315 g/mol. The highest BCUT2D eigenvalue weighted by Gasteiger charge is 2.26. The summed E-state index contributed by atoms with van der Waals surface area (Å²) in [4.78, 5) is 24.4. The smallest absolute Gasteiger partial charge is 0.267 e. The Morgan fingerprint density at radius 3 is 2.78 bits per heavy atom. The van der Waals surface area contributed by atoms with E-state index in [1.165, 1.54) is 5.01 Å². The summed E-state index contributed by atoms with van der Waals surface area (Å²) in [5.74, 6) is -0.231. The minimum Gasteiger partial charge on any atom is -0.351 e. The van der Waals surface area contributed by atoms with E-state index in [-0.39, 0.29) is 11.8 Å². The molecule has 1 aromatic rings. The van der Waals surface area contributed by atoms with Crippen molar-refractivity contribution in [1.29, 1.82) is 0 Å². The molecular formula is C18H25N3O2. The molecule has 0 saturated heterocycles. The van der Waals surface area contributed by atoms with E-state index in [1.54, 1.807) is 0 Å². The van der Waals surface area contributed by atoms with E-state index >= 15 is 0 Å². The first-order valence-corrected chi connectivity index (χ1v) is 8.28. The van der Waals surface area contributed by atoms with Gasteiger partial charge in [0.1, 0.15) is 5.71 Å². The average molecular weight is 315 g/mol. The van der Waals surface area contributed by atoms with Crippen LogP contribution in [0.2, 0.25) is 0 Å². The maximum Gasteiger partial charge on any atom is 0.267 e. The van der Waals surface area contributed by atoms with Crippen LogP contribution in [0.3, 0.4) is 0 Å². The van der Waals surface area contributed by atoms with E-state index in [2.05, 4.69) is 17.3 Å². The summed E-state index contributed by atoms with van der Waals surface area (Å²) in [6.45, 7) is 6.70. The van der Waals surface area contributed by atoms with Crippen LogP contribution in [0.1, 0.15) is 50.2 Å². The molecule has 0 aromatic heterocycles. The van der Waals surface area contributed by atoms with E-state index < -0.39 is 0 Å². The van der Waals surface area contributed by atoms with Gasteiger partial charge in [0.25, 0.3) is 5.91 Å². The Balaban J connectivity index is 2.14. The van der Waals surface area contributed by atoms with Crippen LogP contribution in [0, 0.1) is 13.8 Å². The number of carbonyl (C=O) groups excluding carboxylic acids is 2. The van der Waals surface area contributed by atoms with E-state index in [0.717, 1.165) is 36.1 Å². The molecule has 2 amide bonds. The van der Waals surface area contributed by atoms with Gasteiger partial charge in [-0.05, 0) is 37.5 Å². The fraction of sp³-hybridized carbons (Fsp3) is 0.500. The summed E-state index contributed by atoms with van der Waals surface area (Å²) in [6, 6.07) is 5.89. The Bertz CT molecular complexity index is 623. The predicted molar refractivity (Wildman–Crippen MR) is 92.6 cm³/mol. The lowest BCUT2D eigenvalue weighted by atomic mass is 10.1. The minimum atomic E-state index is -0.163. The van der Waals surface area contributed by atoms with Gasteiger partial charge in [0.2, 0.25) is 5.91 Å². The van der Waals surface area contributed by atoms with Gasteiger partial charge < -0.3 is 5.32 Å². The maximum atomic E-state index is 12.2. The molecule has 5 heteroatoms. The van der Waals surface area contributed by atoms with Gasteiger partial charge in [0, 0.05) is 19.4 Å². The van der Waals surface area contributed by atoms with E-state index in [1.807, 2.05) is 32.0 Å². The lowest BCUT2D eigenvalue weighted by molar-refractivity contribution is -0.118. The molecular weight excluding hydrogens is 290 g/mol. The SMILES string of the molecule is CCCCCNC(=O)C1=NN(c2cc(C)ccc2C)C(=O)CC1. The summed E-state index contributed by atoms with van der Waals surface area (Å²) >= 11 is 0. The highest BCUT2D eigenvalue weighted by atomic mass is 16.2. The van der Waals surface area contributed by atoms with Crippen LogP contribution in [0.15, 0.2) is 23.3 Å². The van der Waals surface area contributed by atoms with Crippen LogP contribution in [0.5, 0.6) is 0 Å². The normalized spacial score (nSPS) is 14.7. The number of unbranched alkanes of at least 4 members (excludes halogenated alkanes) is 2. The number of amides is 2. The zero-order valence-electron chi connectivity index (χ0n) is 14.2. The number of nitrogens with one attached hydrogen (secondary N) is 1. The molecule has 0 radical (unpaired) electrons.